The van der Waals surface area contributed by atoms with E-state index in [1.54, 1.807) is 11.3 Å². The van der Waals surface area contributed by atoms with Crippen LogP contribution in [0.5, 0.6) is 0 Å². The van der Waals surface area contributed by atoms with E-state index in [4.69, 9.17) is 0 Å². The minimum atomic E-state index is 0.126. The van der Waals surface area contributed by atoms with Crippen molar-refractivity contribution in [3.63, 3.8) is 0 Å². The molecule has 1 saturated heterocycles. The highest BCUT2D eigenvalue weighted by Crippen LogP contribution is 2.19. The van der Waals surface area contributed by atoms with Crippen LogP contribution in [0, 0.1) is 0 Å². The fourth-order valence-electron chi connectivity index (χ4n) is 2.86. The van der Waals surface area contributed by atoms with Crippen LogP contribution in [-0.4, -0.2) is 30.5 Å². The van der Waals surface area contributed by atoms with E-state index in [9.17, 15) is 4.79 Å². The Bertz CT molecular complexity index is 621. The van der Waals surface area contributed by atoms with E-state index in [1.165, 1.54) is 23.3 Å². The van der Waals surface area contributed by atoms with E-state index in [-0.39, 0.29) is 5.91 Å². The average molecular weight is 329 g/mol. The third-order valence-electron chi connectivity index (χ3n) is 4.15. The van der Waals surface area contributed by atoms with Crippen LogP contribution in [0.4, 0.5) is 5.82 Å². The number of aromatic nitrogens is 1. The molecule has 0 aliphatic carbocycles. The van der Waals surface area contributed by atoms with E-state index in [0.29, 0.717) is 13.0 Å². The lowest BCUT2D eigenvalue weighted by Crippen LogP contribution is -2.25. The summed E-state index contributed by atoms with van der Waals surface area (Å²) in [6, 6.07) is 8.29. The molecular weight excluding hydrogens is 306 g/mol. The highest BCUT2D eigenvalue weighted by atomic mass is 32.1. The van der Waals surface area contributed by atoms with Crippen molar-refractivity contribution in [2.75, 3.05) is 24.5 Å². The molecule has 3 rings (SSSR count). The van der Waals surface area contributed by atoms with Crippen LogP contribution in [-0.2, 0) is 17.6 Å². The van der Waals surface area contributed by atoms with Gasteiger partial charge in [-0.1, -0.05) is 6.07 Å². The van der Waals surface area contributed by atoms with Crippen LogP contribution >= 0.6 is 11.3 Å². The van der Waals surface area contributed by atoms with Gasteiger partial charge in [-0.2, -0.15) is 0 Å². The summed E-state index contributed by atoms with van der Waals surface area (Å²) >= 11 is 1.74. The van der Waals surface area contributed by atoms with E-state index in [2.05, 4.69) is 32.7 Å². The first-order valence-electron chi connectivity index (χ1n) is 8.30. The predicted molar refractivity (Wildman–Crippen MR) is 95.0 cm³/mol. The Morgan fingerprint density at radius 2 is 2.13 bits per heavy atom. The number of rotatable bonds is 7. The molecule has 122 valence electrons. The number of hydrogen-bond donors (Lipinski definition) is 1. The van der Waals surface area contributed by atoms with Gasteiger partial charge in [-0.15, -0.1) is 11.3 Å². The van der Waals surface area contributed by atoms with Crippen molar-refractivity contribution in [2.24, 2.45) is 0 Å². The molecule has 0 spiro atoms. The van der Waals surface area contributed by atoms with Crippen LogP contribution < -0.4 is 10.2 Å². The van der Waals surface area contributed by atoms with E-state index in [0.717, 1.165) is 31.7 Å². The first-order valence-corrected chi connectivity index (χ1v) is 9.18. The lowest BCUT2D eigenvalue weighted by Gasteiger charge is -2.16. The van der Waals surface area contributed by atoms with Gasteiger partial charge < -0.3 is 10.2 Å². The van der Waals surface area contributed by atoms with E-state index in [1.807, 2.05) is 18.3 Å². The lowest BCUT2D eigenvalue weighted by molar-refractivity contribution is -0.121. The maximum Gasteiger partial charge on any atom is 0.220 e. The number of carbonyl (C=O) groups excluding carboxylic acids is 1. The molecule has 1 N–H and O–H groups in total. The Labute approximate surface area is 141 Å². The minimum Gasteiger partial charge on any atom is -0.357 e. The van der Waals surface area contributed by atoms with Gasteiger partial charge in [-0.3, -0.25) is 4.79 Å². The quantitative estimate of drug-likeness (QED) is 0.849. The van der Waals surface area contributed by atoms with Crippen LogP contribution in [0.15, 0.2) is 35.8 Å². The van der Waals surface area contributed by atoms with Gasteiger partial charge in [0.25, 0.3) is 0 Å². The molecule has 5 heteroatoms. The topological polar surface area (TPSA) is 45.2 Å². The smallest absolute Gasteiger partial charge is 0.220 e. The second-order valence-corrected chi connectivity index (χ2v) is 6.93. The summed E-state index contributed by atoms with van der Waals surface area (Å²) < 4.78 is 0. The van der Waals surface area contributed by atoms with Crippen LogP contribution in [0.2, 0.25) is 0 Å². The number of pyridine rings is 1. The first-order chi connectivity index (χ1) is 11.3. The predicted octanol–water partition coefficient (Wildman–Crippen LogP) is 3.03. The molecule has 0 saturated carbocycles. The van der Waals surface area contributed by atoms with Gasteiger partial charge in [-0.05, 0) is 54.8 Å². The van der Waals surface area contributed by atoms with Crippen molar-refractivity contribution in [1.82, 2.24) is 10.3 Å². The molecular formula is C18H23N3OS. The molecule has 1 fully saturated rings. The lowest BCUT2D eigenvalue weighted by atomic mass is 10.1. The van der Waals surface area contributed by atoms with Gasteiger partial charge in [0.1, 0.15) is 5.82 Å². The normalized spacial score (nSPS) is 14.2. The molecule has 2 aromatic rings. The molecule has 4 nitrogen and oxygen atoms in total. The van der Waals surface area contributed by atoms with Crippen molar-refractivity contribution < 1.29 is 4.79 Å². The van der Waals surface area contributed by atoms with Gasteiger partial charge >= 0.3 is 0 Å². The zero-order valence-electron chi connectivity index (χ0n) is 13.3. The fourth-order valence-corrected chi connectivity index (χ4v) is 3.57. The molecule has 0 radical (unpaired) electrons. The zero-order valence-corrected chi connectivity index (χ0v) is 14.1. The van der Waals surface area contributed by atoms with Crippen molar-refractivity contribution in [3.8, 4) is 0 Å². The van der Waals surface area contributed by atoms with Crippen molar-refractivity contribution in [1.29, 1.82) is 0 Å². The van der Waals surface area contributed by atoms with Gasteiger partial charge in [0.2, 0.25) is 5.91 Å². The zero-order chi connectivity index (χ0) is 15.9. The molecule has 0 bridgehead atoms. The number of nitrogens with zero attached hydrogens (tertiary/aromatic N) is 2. The number of anilines is 1. The van der Waals surface area contributed by atoms with Crippen LogP contribution in [0.25, 0.3) is 0 Å². The molecule has 0 aromatic carbocycles. The van der Waals surface area contributed by atoms with Crippen molar-refractivity contribution in [3.05, 3.63) is 46.3 Å². The Morgan fingerprint density at radius 1 is 1.26 bits per heavy atom. The molecule has 1 amide bonds. The van der Waals surface area contributed by atoms with Crippen LogP contribution in [0.1, 0.15) is 29.7 Å². The number of nitrogens with one attached hydrogen (secondary N) is 1. The number of thiophene rings is 1. The Morgan fingerprint density at radius 3 is 2.91 bits per heavy atom. The largest absolute Gasteiger partial charge is 0.357 e. The molecule has 0 unspecified atom stereocenters. The standard InChI is InChI=1S/C18H23N3OS/c22-18(20-10-8-16-4-3-13-23-16)6-5-15-7-9-19-17(14-15)21-11-1-2-12-21/h3-4,7,9,13-14H,1-2,5-6,8,10-12H2,(H,20,22). The second kappa shape index (κ2) is 8.11. The molecule has 0 atom stereocenters. The summed E-state index contributed by atoms with van der Waals surface area (Å²) in [5.74, 6) is 1.18. The van der Waals surface area contributed by atoms with Crippen LogP contribution in [0.3, 0.4) is 0 Å². The Balaban J connectivity index is 1.42. The minimum absolute atomic E-state index is 0.126. The summed E-state index contributed by atoms with van der Waals surface area (Å²) in [6.45, 7) is 2.91. The van der Waals surface area contributed by atoms with Gasteiger partial charge in [-0.25, -0.2) is 4.98 Å². The first kappa shape index (κ1) is 16.0. The Kier molecular flexibility index (Phi) is 5.64. The number of carbonyl (C=O) groups is 1. The molecule has 2 aromatic heterocycles. The summed E-state index contributed by atoms with van der Waals surface area (Å²) in [4.78, 5) is 20.0. The maximum atomic E-state index is 12.0. The summed E-state index contributed by atoms with van der Waals surface area (Å²) in [5.41, 5.74) is 1.19. The van der Waals surface area contributed by atoms with E-state index < -0.39 is 0 Å². The number of hydrogen-bond acceptors (Lipinski definition) is 4. The number of amides is 1. The maximum absolute atomic E-state index is 12.0. The highest BCUT2D eigenvalue weighted by molar-refractivity contribution is 7.09. The SMILES string of the molecule is O=C(CCc1ccnc(N2CCCC2)c1)NCCc1cccs1. The third kappa shape index (κ3) is 4.79. The summed E-state index contributed by atoms with van der Waals surface area (Å²) in [5, 5.41) is 5.07. The average Bonchev–Trinajstić information content (AvgIpc) is 3.27. The molecule has 23 heavy (non-hydrogen) atoms. The van der Waals surface area contributed by atoms with Gasteiger partial charge in [0.05, 0.1) is 0 Å². The fraction of sp³-hybridized carbons (Fsp3) is 0.444. The number of aryl methyl sites for hydroxylation is 1. The van der Waals surface area contributed by atoms with Crippen molar-refractivity contribution >= 4 is 23.1 Å². The molecule has 1 aliphatic rings. The summed E-state index contributed by atoms with van der Waals surface area (Å²) in [6.07, 6.45) is 6.58. The Hall–Kier alpha value is -1.88. The van der Waals surface area contributed by atoms with Gasteiger partial charge in [0.15, 0.2) is 0 Å². The summed E-state index contributed by atoms with van der Waals surface area (Å²) in [7, 11) is 0. The van der Waals surface area contributed by atoms with Gasteiger partial charge in [0, 0.05) is 37.1 Å². The molecule has 1 aliphatic heterocycles. The monoisotopic (exact) mass is 329 g/mol. The second-order valence-electron chi connectivity index (χ2n) is 5.90. The van der Waals surface area contributed by atoms with E-state index >= 15 is 0 Å². The molecule has 3 heterocycles. The highest BCUT2D eigenvalue weighted by Gasteiger charge is 2.13. The van der Waals surface area contributed by atoms with Crippen molar-refractivity contribution in [2.45, 2.75) is 32.1 Å². The third-order valence-corrected chi connectivity index (χ3v) is 5.09.